The lowest BCUT2D eigenvalue weighted by Gasteiger charge is -2.65. The van der Waals surface area contributed by atoms with Crippen molar-refractivity contribution >= 4 is 11.7 Å². The summed E-state index contributed by atoms with van der Waals surface area (Å²) in [5, 5.41) is 23.3. The van der Waals surface area contributed by atoms with Crippen molar-refractivity contribution in [1.29, 1.82) is 5.26 Å². The molecule has 5 aliphatic rings. The summed E-state index contributed by atoms with van der Waals surface area (Å²) in [4.78, 5) is 26.7. The van der Waals surface area contributed by atoms with Crippen molar-refractivity contribution in [2.45, 2.75) is 104 Å². The van der Waals surface area contributed by atoms with Crippen molar-refractivity contribution < 1.29 is 23.5 Å². The zero-order valence-corrected chi connectivity index (χ0v) is 23.6. The predicted octanol–water partition coefficient (Wildman–Crippen LogP) is 6.66. The Kier molecular flexibility index (Phi) is 6.03. The zero-order chi connectivity index (χ0) is 28.1. The summed E-state index contributed by atoms with van der Waals surface area (Å²) < 4.78 is 28.1. The molecule has 5 rings (SSSR count). The first kappa shape index (κ1) is 27.3. The Morgan fingerprint density at radius 2 is 1.74 bits per heavy atom. The number of fused-ring (bicyclic) bond motifs is 7. The fourth-order valence-corrected chi connectivity index (χ4v) is 9.72. The average molecular weight is 529 g/mol. The molecule has 0 aromatic carbocycles. The lowest BCUT2D eigenvalue weighted by atomic mass is 9.40. The number of halogens is 2. The highest BCUT2D eigenvalue weighted by atomic mass is 19.3. The molecule has 0 spiro atoms. The molecule has 38 heavy (non-hydrogen) atoms. The third-order valence-electron chi connectivity index (χ3n) is 11.7. The Bertz CT molecular complexity index is 1180. The van der Waals surface area contributed by atoms with E-state index in [4.69, 9.17) is 0 Å². The van der Waals surface area contributed by atoms with Gasteiger partial charge in [0.2, 0.25) is 0 Å². The van der Waals surface area contributed by atoms with E-state index in [0.29, 0.717) is 44.6 Å². The first-order chi connectivity index (χ1) is 17.5. The molecule has 0 bridgehead atoms. The van der Waals surface area contributed by atoms with Gasteiger partial charge in [-0.2, -0.15) is 14.0 Å². The first-order valence-electron chi connectivity index (χ1n) is 14.3. The number of ketones is 1. The van der Waals surface area contributed by atoms with Gasteiger partial charge in [0, 0.05) is 24.3 Å². The van der Waals surface area contributed by atoms with Crippen molar-refractivity contribution in [3.8, 4) is 6.07 Å². The van der Waals surface area contributed by atoms with Crippen molar-refractivity contribution in [3.05, 3.63) is 23.0 Å². The van der Waals surface area contributed by atoms with Crippen molar-refractivity contribution in [2.24, 2.45) is 45.8 Å². The second kappa shape index (κ2) is 8.38. The second-order valence-corrected chi connectivity index (χ2v) is 14.5. The molecule has 3 saturated carbocycles. The van der Waals surface area contributed by atoms with E-state index >= 15 is 0 Å². The van der Waals surface area contributed by atoms with Gasteiger partial charge in [0.1, 0.15) is 5.76 Å². The van der Waals surface area contributed by atoms with Crippen LogP contribution in [0.3, 0.4) is 0 Å². The summed E-state index contributed by atoms with van der Waals surface area (Å²) in [6.07, 6.45) is 7.45. The molecule has 0 aromatic heterocycles. The molecule has 0 aromatic rings. The van der Waals surface area contributed by atoms with Gasteiger partial charge in [0.15, 0.2) is 5.78 Å². The largest absolute Gasteiger partial charge is 0.511 e. The van der Waals surface area contributed by atoms with Crippen LogP contribution in [0.15, 0.2) is 23.0 Å². The summed E-state index contributed by atoms with van der Waals surface area (Å²) in [6, 6.07) is 2.22. The van der Waals surface area contributed by atoms with E-state index in [1.54, 1.807) is 0 Å². The zero-order valence-electron chi connectivity index (χ0n) is 23.6. The molecule has 8 unspecified atom stereocenters. The standard InChI is InChI=1S/C31H42F2N2O3/c1-17-19-7-9-28(4)20-8-10-31(35-26(38)30(6,32)33)12-11-27(2,3)15-21(31)24(20)22(36)13-23(28)29(19,5)14-18(16-34)25(17)37/h13,17,19-21,24,37H,7-12,14-15H2,1-6H3,(H,35,38). The molecule has 1 amide bonds. The van der Waals surface area contributed by atoms with Gasteiger partial charge in [-0.25, -0.2) is 0 Å². The molecule has 5 aliphatic carbocycles. The number of hydrogen-bond donors (Lipinski definition) is 2. The SMILES string of the molecule is CC1C(O)=C(C#N)CC2(C)C3=CC(=O)C4C5CC(C)(C)CCC5(NC(=O)C(C)(F)F)CCC4C3(C)CCC12. The van der Waals surface area contributed by atoms with E-state index < -0.39 is 22.8 Å². The molecule has 0 heterocycles. The van der Waals surface area contributed by atoms with Crippen LogP contribution in [0.25, 0.3) is 0 Å². The predicted molar refractivity (Wildman–Crippen MR) is 140 cm³/mol. The van der Waals surface area contributed by atoms with E-state index in [1.165, 1.54) is 0 Å². The smallest absolute Gasteiger partial charge is 0.321 e. The average Bonchev–Trinajstić information content (AvgIpc) is 2.82. The number of nitrogens with one attached hydrogen (secondary N) is 1. The minimum absolute atomic E-state index is 0.0403. The number of carbonyl (C=O) groups excluding carboxylic acids is 2. The van der Waals surface area contributed by atoms with Crippen LogP contribution >= 0.6 is 0 Å². The van der Waals surface area contributed by atoms with Crippen LogP contribution in [0.4, 0.5) is 8.78 Å². The number of hydrogen-bond acceptors (Lipinski definition) is 4. The van der Waals surface area contributed by atoms with Crippen molar-refractivity contribution in [1.82, 2.24) is 5.32 Å². The van der Waals surface area contributed by atoms with Gasteiger partial charge < -0.3 is 10.4 Å². The second-order valence-electron chi connectivity index (χ2n) is 14.5. The summed E-state index contributed by atoms with van der Waals surface area (Å²) in [7, 11) is 0. The minimum Gasteiger partial charge on any atom is -0.511 e. The fraction of sp³-hybridized carbons (Fsp3) is 0.774. The first-order valence-corrected chi connectivity index (χ1v) is 14.3. The van der Waals surface area contributed by atoms with E-state index in [2.05, 4.69) is 39.1 Å². The van der Waals surface area contributed by atoms with Crippen LogP contribution in [-0.2, 0) is 9.59 Å². The Morgan fingerprint density at radius 1 is 1.08 bits per heavy atom. The molecule has 0 saturated heterocycles. The molecule has 5 nitrogen and oxygen atoms in total. The van der Waals surface area contributed by atoms with Crippen LogP contribution < -0.4 is 5.32 Å². The summed E-state index contributed by atoms with van der Waals surface area (Å²) >= 11 is 0. The van der Waals surface area contributed by atoms with Gasteiger partial charge in [-0.15, -0.1) is 0 Å². The molecule has 208 valence electrons. The van der Waals surface area contributed by atoms with Crippen LogP contribution in [-0.4, -0.2) is 28.3 Å². The highest BCUT2D eigenvalue weighted by molar-refractivity contribution is 5.95. The minimum atomic E-state index is -3.47. The highest BCUT2D eigenvalue weighted by Gasteiger charge is 2.65. The third-order valence-corrected chi connectivity index (χ3v) is 11.7. The number of rotatable bonds is 2. The maximum atomic E-state index is 14.2. The van der Waals surface area contributed by atoms with Gasteiger partial charge >= 0.3 is 5.92 Å². The van der Waals surface area contributed by atoms with E-state index in [9.17, 15) is 28.7 Å². The quantitative estimate of drug-likeness (QED) is 0.420. The number of alkyl halides is 2. The molecular weight excluding hydrogens is 486 g/mol. The lowest BCUT2D eigenvalue weighted by Crippen LogP contribution is -2.67. The number of aliphatic hydroxyl groups excluding tert-OH is 1. The summed E-state index contributed by atoms with van der Waals surface area (Å²) in [6.45, 7) is 11.4. The van der Waals surface area contributed by atoms with Crippen LogP contribution in [0, 0.1) is 57.2 Å². The highest BCUT2D eigenvalue weighted by Crippen LogP contribution is 2.69. The van der Waals surface area contributed by atoms with E-state index in [-0.39, 0.29) is 52.0 Å². The molecule has 2 N–H and O–H groups in total. The fourth-order valence-electron chi connectivity index (χ4n) is 9.72. The maximum absolute atomic E-state index is 14.2. The number of amides is 1. The summed E-state index contributed by atoms with van der Waals surface area (Å²) in [5.74, 6) is -4.97. The number of aliphatic hydroxyl groups is 1. The van der Waals surface area contributed by atoms with Gasteiger partial charge in [-0.05, 0) is 91.4 Å². The topological polar surface area (TPSA) is 90.2 Å². The van der Waals surface area contributed by atoms with Gasteiger partial charge in [0.05, 0.1) is 11.6 Å². The molecule has 7 heteroatoms. The van der Waals surface area contributed by atoms with Gasteiger partial charge in [0.25, 0.3) is 5.91 Å². The van der Waals surface area contributed by atoms with Crippen molar-refractivity contribution in [2.75, 3.05) is 0 Å². The number of nitrogens with zero attached hydrogens (tertiary/aromatic N) is 1. The van der Waals surface area contributed by atoms with Crippen LogP contribution in [0.1, 0.15) is 92.9 Å². The molecular formula is C31H42F2N2O3. The van der Waals surface area contributed by atoms with Crippen LogP contribution in [0.5, 0.6) is 0 Å². The number of allylic oxidation sites excluding steroid dienone is 4. The molecule has 0 aliphatic heterocycles. The lowest BCUT2D eigenvalue weighted by molar-refractivity contribution is -0.155. The third kappa shape index (κ3) is 3.79. The Balaban J connectivity index is 1.59. The van der Waals surface area contributed by atoms with E-state index in [0.717, 1.165) is 24.8 Å². The Hall–Kier alpha value is -2.23. The van der Waals surface area contributed by atoms with Gasteiger partial charge in [-0.3, -0.25) is 9.59 Å². The van der Waals surface area contributed by atoms with Crippen LogP contribution in [0.2, 0.25) is 0 Å². The molecule has 3 fully saturated rings. The van der Waals surface area contributed by atoms with Gasteiger partial charge in [-0.1, -0.05) is 40.2 Å². The maximum Gasteiger partial charge on any atom is 0.321 e. The Labute approximate surface area is 225 Å². The number of carbonyl (C=O) groups is 2. The van der Waals surface area contributed by atoms with Crippen molar-refractivity contribution in [3.63, 3.8) is 0 Å². The molecule has 0 radical (unpaired) electrons. The monoisotopic (exact) mass is 528 g/mol. The normalized spacial score (nSPS) is 44.0. The molecule has 8 atom stereocenters. The number of nitriles is 1. The Morgan fingerprint density at radius 3 is 2.37 bits per heavy atom. The summed E-state index contributed by atoms with van der Waals surface area (Å²) in [5.41, 5.74) is 0.00935. The van der Waals surface area contributed by atoms with E-state index in [1.807, 2.05) is 13.0 Å².